The molecule has 1 fully saturated rings. The molecule has 1 aliphatic heterocycles. The van der Waals surface area contributed by atoms with E-state index in [9.17, 15) is 4.79 Å². The van der Waals surface area contributed by atoms with Crippen LogP contribution in [-0.2, 0) is 22.5 Å². The fraction of sp³-hybridized carbons (Fsp3) is 0.417. The summed E-state index contributed by atoms with van der Waals surface area (Å²) in [6.45, 7) is 8.20. The molecule has 5 heteroatoms. The van der Waals surface area contributed by atoms with Crippen LogP contribution in [0.2, 0.25) is 0 Å². The molecule has 1 aromatic carbocycles. The van der Waals surface area contributed by atoms with Crippen molar-refractivity contribution in [1.29, 1.82) is 0 Å². The van der Waals surface area contributed by atoms with Gasteiger partial charge in [0.1, 0.15) is 0 Å². The molecule has 29 heavy (non-hydrogen) atoms. The first-order valence-corrected chi connectivity index (χ1v) is 10.4. The Kier molecular flexibility index (Phi) is 5.67. The summed E-state index contributed by atoms with van der Waals surface area (Å²) in [6, 6.07) is 10.1. The van der Waals surface area contributed by atoms with Crippen molar-refractivity contribution in [2.24, 2.45) is 0 Å². The topological polar surface area (TPSA) is 58.2 Å². The molecule has 4 rings (SSSR count). The Labute approximate surface area is 172 Å². The van der Waals surface area contributed by atoms with Gasteiger partial charge in [-0.3, -0.25) is 9.78 Å². The van der Waals surface area contributed by atoms with Gasteiger partial charge in [0, 0.05) is 35.9 Å². The van der Waals surface area contributed by atoms with Crippen LogP contribution in [0.3, 0.4) is 0 Å². The standard InChI is InChI=1S/C24H29N3O2/c1-16-9-10-17(2)24-23(16)21(18(3)26-24)13-22(28)27(15-20-8-6-12-29-20)14-19-7-4-5-11-25-19/h4-5,7,9-11,20,26H,6,8,12-15H2,1-3H3/t20-/m1/s1. The zero-order chi connectivity index (χ0) is 20.4. The Bertz CT molecular complexity index is 1000. The van der Waals surface area contributed by atoms with Crippen molar-refractivity contribution in [3.05, 3.63) is 64.6 Å². The second-order valence-electron chi connectivity index (χ2n) is 8.09. The molecular weight excluding hydrogens is 362 g/mol. The number of pyridine rings is 1. The van der Waals surface area contributed by atoms with Crippen molar-refractivity contribution in [2.75, 3.05) is 13.2 Å². The Morgan fingerprint density at radius 3 is 2.76 bits per heavy atom. The van der Waals surface area contributed by atoms with E-state index >= 15 is 0 Å². The lowest BCUT2D eigenvalue weighted by Gasteiger charge is -2.25. The molecule has 0 aliphatic carbocycles. The highest BCUT2D eigenvalue weighted by atomic mass is 16.5. The van der Waals surface area contributed by atoms with Gasteiger partial charge in [-0.15, -0.1) is 0 Å². The van der Waals surface area contributed by atoms with E-state index in [2.05, 4.69) is 42.9 Å². The molecule has 152 valence electrons. The summed E-state index contributed by atoms with van der Waals surface area (Å²) in [5, 5.41) is 1.19. The maximum absolute atomic E-state index is 13.4. The average Bonchev–Trinajstić information content (AvgIpc) is 3.34. The number of hydrogen-bond donors (Lipinski definition) is 1. The molecule has 2 aromatic heterocycles. The molecule has 0 bridgehead atoms. The SMILES string of the molecule is Cc1[nH]c2c(C)ccc(C)c2c1CC(=O)N(Cc1ccccn1)C[C@H]1CCCO1. The summed E-state index contributed by atoms with van der Waals surface area (Å²) < 4.78 is 5.81. The number of ether oxygens (including phenoxy) is 1. The number of rotatable bonds is 6. The molecule has 3 aromatic rings. The number of nitrogens with zero attached hydrogens (tertiary/aromatic N) is 2. The summed E-state index contributed by atoms with van der Waals surface area (Å²) in [6.07, 6.45) is 4.36. The van der Waals surface area contributed by atoms with Gasteiger partial charge >= 0.3 is 0 Å². The maximum Gasteiger partial charge on any atom is 0.227 e. The summed E-state index contributed by atoms with van der Waals surface area (Å²) in [4.78, 5) is 23.3. The molecule has 1 amide bonds. The molecular formula is C24H29N3O2. The van der Waals surface area contributed by atoms with Crippen LogP contribution in [0, 0.1) is 20.8 Å². The van der Waals surface area contributed by atoms with Crippen LogP contribution in [0.15, 0.2) is 36.5 Å². The van der Waals surface area contributed by atoms with Crippen LogP contribution in [-0.4, -0.2) is 40.0 Å². The van der Waals surface area contributed by atoms with Crippen molar-refractivity contribution in [2.45, 2.75) is 52.7 Å². The van der Waals surface area contributed by atoms with E-state index in [1.807, 2.05) is 23.1 Å². The largest absolute Gasteiger partial charge is 0.376 e. The number of benzene rings is 1. The normalized spacial score (nSPS) is 16.4. The lowest BCUT2D eigenvalue weighted by molar-refractivity contribution is -0.132. The van der Waals surface area contributed by atoms with E-state index in [0.717, 1.165) is 41.9 Å². The van der Waals surface area contributed by atoms with E-state index in [1.54, 1.807) is 6.20 Å². The minimum atomic E-state index is 0.121. The van der Waals surface area contributed by atoms with Crippen molar-refractivity contribution < 1.29 is 9.53 Å². The molecule has 1 saturated heterocycles. The Balaban J connectivity index is 1.61. The zero-order valence-electron chi connectivity index (χ0n) is 17.5. The Morgan fingerprint density at radius 1 is 1.21 bits per heavy atom. The van der Waals surface area contributed by atoms with Gasteiger partial charge in [0.2, 0.25) is 5.91 Å². The summed E-state index contributed by atoms with van der Waals surface area (Å²) in [5.74, 6) is 0.121. The predicted molar refractivity (Wildman–Crippen MR) is 115 cm³/mol. The van der Waals surface area contributed by atoms with Gasteiger partial charge < -0.3 is 14.6 Å². The number of aromatic nitrogens is 2. The fourth-order valence-corrected chi connectivity index (χ4v) is 4.27. The number of H-pyrrole nitrogens is 1. The van der Waals surface area contributed by atoms with Gasteiger partial charge in [0.25, 0.3) is 0 Å². The van der Waals surface area contributed by atoms with E-state index in [0.29, 0.717) is 19.5 Å². The smallest absolute Gasteiger partial charge is 0.227 e. The molecule has 0 unspecified atom stereocenters. The fourth-order valence-electron chi connectivity index (χ4n) is 4.27. The molecule has 1 atom stereocenters. The number of amides is 1. The highest BCUT2D eigenvalue weighted by Gasteiger charge is 2.25. The van der Waals surface area contributed by atoms with Crippen molar-refractivity contribution in [1.82, 2.24) is 14.9 Å². The number of nitrogens with one attached hydrogen (secondary N) is 1. The van der Waals surface area contributed by atoms with Gasteiger partial charge in [0.15, 0.2) is 0 Å². The molecule has 5 nitrogen and oxygen atoms in total. The van der Waals surface area contributed by atoms with E-state index in [1.165, 1.54) is 16.5 Å². The monoisotopic (exact) mass is 391 g/mol. The van der Waals surface area contributed by atoms with Crippen LogP contribution in [0.4, 0.5) is 0 Å². The van der Waals surface area contributed by atoms with Crippen molar-refractivity contribution >= 4 is 16.8 Å². The van der Waals surface area contributed by atoms with Gasteiger partial charge in [-0.1, -0.05) is 18.2 Å². The quantitative estimate of drug-likeness (QED) is 0.684. The molecule has 1 N–H and O–H groups in total. The summed E-state index contributed by atoms with van der Waals surface area (Å²) in [5.41, 5.74) is 6.62. The van der Waals surface area contributed by atoms with Crippen LogP contribution in [0.25, 0.3) is 10.9 Å². The van der Waals surface area contributed by atoms with E-state index < -0.39 is 0 Å². The first-order chi connectivity index (χ1) is 14.0. The lowest BCUT2D eigenvalue weighted by atomic mass is 10.0. The first kappa shape index (κ1) is 19.6. The number of hydrogen-bond acceptors (Lipinski definition) is 3. The third-order valence-corrected chi connectivity index (χ3v) is 5.90. The average molecular weight is 392 g/mol. The third kappa shape index (κ3) is 4.20. The number of aromatic amines is 1. The molecule has 0 spiro atoms. The maximum atomic E-state index is 13.4. The number of carbonyl (C=O) groups is 1. The van der Waals surface area contributed by atoms with Crippen molar-refractivity contribution in [3.63, 3.8) is 0 Å². The Morgan fingerprint density at radius 2 is 2.03 bits per heavy atom. The molecule has 3 heterocycles. The van der Waals surface area contributed by atoms with Crippen LogP contribution in [0.1, 0.15) is 40.9 Å². The van der Waals surface area contributed by atoms with Crippen LogP contribution < -0.4 is 0 Å². The van der Waals surface area contributed by atoms with Gasteiger partial charge in [0.05, 0.1) is 24.8 Å². The van der Waals surface area contributed by atoms with Gasteiger partial charge in [-0.25, -0.2) is 0 Å². The second-order valence-corrected chi connectivity index (χ2v) is 8.09. The minimum absolute atomic E-state index is 0.121. The lowest BCUT2D eigenvalue weighted by Crippen LogP contribution is -2.38. The molecule has 1 aliphatic rings. The summed E-state index contributed by atoms with van der Waals surface area (Å²) in [7, 11) is 0. The predicted octanol–water partition coefficient (Wildman–Crippen LogP) is 4.24. The Hall–Kier alpha value is -2.66. The zero-order valence-corrected chi connectivity index (χ0v) is 17.5. The minimum Gasteiger partial charge on any atom is -0.376 e. The van der Waals surface area contributed by atoms with Crippen LogP contribution >= 0.6 is 0 Å². The third-order valence-electron chi connectivity index (χ3n) is 5.90. The van der Waals surface area contributed by atoms with E-state index in [4.69, 9.17) is 4.74 Å². The number of fused-ring (bicyclic) bond motifs is 1. The number of carbonyl (C=O) groups excluding carboxylic acids is 1. The second kappa shape index (κ2) is 8.37. The highest BCUT2D eigenvalue weighted by molar-refractivity contribution is 5.93. The van der Waals surface area contributed by atoms with Crippen LogP contribution in [0.5, 0.6) is 0 Å². The van der Waals surface area contributed by atoms with Crippen molar-refractivity contribution in [3.8, 4) is 0 Å². The van der Waals surface area contributed by atoms with E-state index in [-0.39, 0.29) is 12.0 Å². The van der Waals surface area contributed by atoms with Gasteiger partial charge in [-0.2, -0.15) is 0 Å². The molecule has 0 saturated carbocycles. The highest BCUT2D eigenvalue weighted by Crippen LogP contribution is 2.29. The van der Waals surface area contributed by atoms with Gasteiger partial charge in [-0.05, 0) is 62.4 Å². The first-order valence-electron chi connectivity index (χ1n) is 10.4. The summed E-state index contributed by atoms with van der Waals surface area (Å²) >= 11 is 0. The number of aryl methyl sites for hydroxylation is 3. The molecule has 0 radical (unpaired) electrons.